The number of ether oxygens (including phenoxy) is 2. The van der Waals surface area contributed by atoms with Crippen molar-refractivity contribution in [3.63, 3.8) is 0 Å². The van der Waals surface area contributed by atoms with Crippen LogP contribution in [-0.4, -0.2) is 77.2 Å². The van der Waals surface area contributed by atoms with Crippen LogP contribution < -0.4 is 20.5 Å². The highest BCUT2D eigenvalue weighted by Gasteiger charge is 2.25. The van der Waals surface area contributed by atoms with Crippen LogP contribution in [0.3, 0.4) is 0 Å². The lowest BCUT2D eigenvalue weighted by molar-refractivity contribution is 0.0698. The quantitative estimate of drug-likeness (QED) is 0.273. The Morgan fingerprint density at radius 1 is 1.00 bits per heavy atom. The van der Waals surface area contributed by atoms with Crippen molar-refractivity contribution in [2.24, 2.45) is 5.73 Å². The second-order valence-corrected chi connectivity index (χ2v) is 10.0. The summed E-state index contributed by atoms with van der Waals surface area (Å²) >= 11 is 13.4. The first-order chi connectivity index (χ1) is 19.7. The molecule has 13 heteroatoms. The highest BCUT2D eigenvalue weighted by atomic mass is 35.5. The monoisotopic (exact) mass is 596 g/mol. The van der Waals surface area contributed by atoms with Gasteiger partial charge in [-0.3, -0.25) is 14.7 Å². The number of nitrogens with two attached hydrogens (primary N) is 1. The lowest BCUT2D eigenvalue weighted by atomic mass is 9.99. The van der Waals surface area contributed by atoms with Gasteiger partial charge in [0.2, 0.25) is 0 Å². The van der Waals surface area contributed by atoms with Gasteiger partial charge in [-0.15, -0.1) is 0 Å². The first-order valence-corrected chi connectivity index (χ1v) is 13.4. The molecule has 2 aromatic heterocycles. The lowest BCUT2D eigenvalue weighted by Crippen LogP contribution is -2.43. The second-order valence-electron chi connectivity index (χ2n) is 9.29. The van der Waals surface area contributed by atoms with Crippen LogP contribution in [0.4, 0.5) is 0 Å². The van der Waals surface area contributed by atoms with Crippen LogP contribution in [0.15, 0.2) is 36.5 Å². The summed E-state index contributed by atoms with van der Waals surface area (Å²) in [7, 11) is 2.90. The molecule has 0 bridgehead atoms. The van der Waals surface area contributed by atoms with Crippen molar-refractivity contribution < 1.29 is 24.2 Å². The summed E-state index contributed by atoms with van der Waals surface area (Å²) in [5.41, 5.74) is 7.97. The fraction of sp³-hybridized carbons (Fsp3) is 0.250. The normalized spacial score (nSPS) is 13.8. The molecule has 1 aliphatic heterocycles. The van der Waals surface area contributed by atoms with E-state index in [4.69, 9.17) is 43.4 Å². The Kier molecular flexibility index (Phi) is 8.22. The minimum Gasteiger partial charge on any atom is -0.495 e. The maximum absolute atomic E-state index is 12.5. The number of rotatable bonds is 8. The number of halogens is 2. The van der Waals surface area contributed by atoms with Gasteiger partial charge in [-0.1, -0.05) is 29.3 Å². The number of aromatic nitrogens is 3. The van der Waals surface area contributed by atoms with Crippen LogP contribution in [0, 0.1) is 0 Å². The predicted molar refractivity (Wildman–Crippen MR) is 155 cm³/mol. The molecule has 0 spiro atoms. The smallest absolute Gasteiger partial charge is 0.337 e. The Morgan fingerprint density at radius 2 is 1.66 bits per heavy atom. The van der Waals surface area contributed by atoms with Crippen molar-refractivity contribution in [2.45, 2.75) is 6.54 Å². The highest BCUT2D eigenvalue weighted by molar-refractivity contribution is 6.41. The molecule has 0 unspecified atom stereocenters. The molecule has 5 rings (SSSR count). The standard InChI is InChI=1S/C28H26Cl2N6O5/c1-40-19-11-20(41-2)23(30)21(22(19)29)16-5-6-17(28(38)39)24-25(16)35-18(12-33-24)15-4-3-14(34-26(15)27(31)37)13-36-9-7-32-8-10-36/h3-6,11-12,32H,7-10,13H2,1-2H3,(H2,31,37)(H,38,39). The molecule has 0 radical (unpaired) electrons. The number of benzene rings is 2. The molecular formula is C28H26Cl2N6O5. The van der Waals surface area contributed by atoms with Crippen molar-refractivity contribution in [1.82, 2.24) is 25.2 Å². The van der Waals surface area contributed by atoms with Gasteiger partial charge in [-0.05, 0) is 18.2 Å². The third-order valence-electron chi connectivity index (χ3n) is 6.83. The molecule has 1 fully saturated rings. The predicted octanol–water partition coefficient (Wildman–Crippen LogP) is 3.89. The number of carbonyl (C=O) groups is 2. The molecule has 1 saturated heterocycles. The minimum atomic E-state index is -1.19. The van der Waals surface area contributed by atoms with Gasteiger partial charge in [0.25, 0.3) is 5.91 Å². The number of hydrogen-bond donors (Lipinski definition) is 3. The summed E-state index contributed by atoms with van der Waals surface area (Å²) in [6, 6.07) is 8.01. The fourth-order valence-electron chi connectivity index (χ4n) is 4.81. The molecule has 4 N–H and O–H groups in total. The summed E-state index contributed by atoms with van der Waals surface area (Å²) in [5, 5.41) is 13.5. The lowest BCUT2D eigenvalue weighted by Gasteiger charge is -2.26. The third-order valence-corrected chi connectivity index (χ3v) is 7.58. The average molecular weight is 597 g/mol. The van der Waals surface area contributed by atoms with E-state index in [9.17, 15) is 14.7 Å². The second kappa shape index (κ2) is 11.8. The summed E-state index contributed by atoms with van der Waals surface area (Å²) in [6.07, 6.45) is 1.38. The maximum atomic E-state index is 12.5. The maximum Gasteiger partial charge on any atom is 0.337 e. The number of pyridine rings is 1. The van der Waals surface area contributed by atoms with Crippen LogP contribution in [0.5, 0.6) is 11.5 Å². The summed E-state index contributed by atoms with van der Waals surface area (Å²) < 4.78 is 10.8. The van der Waals surface area contributed by atoms with Gasteiger partial charge in [-0.2, -0.15) is 0 Å². The molecule has 212 valence electrons. The Morgan fingerprint density at radius 3 is 2.27 bits per heavy atom. The number of carbonyl (C=O) groups excluding carboxylic acids is 1. The van der Waals surface area contributed by atoms with Gasteiger partial charge in [0.05, 0.1) is 52.9 Å². The molecule has 11 nitrogen and oxygen atoms in total. The number of amides is 1. The number of fused-ring (bicyclic) bond motifs is 1. The van der Waals surface area contributed by atoms with E-state index in [2.05, 4.69) is 20.2 Å². The first kappa shape index (κ1) is 28.5. The van der Waals surface area contributed by atoms with E-state index in [1.165, 1.54) is 26.5 Å². The largest absolute Gasteiger partial charge is 0.495 e. The number of nitrogens with one attached hydrogen (secondary N) is 1. The Hall–Kier alpha value is -4.03. The fourth-order valence-corrected chi connectivity index (χ4v) is 5.51. The van der Waals surface area contributed by atoms with E-state index >= 15 is 0 Å². The van der Waals surface area contributed by atoms with Gasteiger partial charge in [0.15, 0.2) is 0 Å². The Balaban J connectivity index is 1.71. The Labute approximate surface area is 245 Å². The molecule has 0 saturated carbocycles. The van der Waals surface area contributed by atoms with Crippen LogP contribution in [-0.2, 0) is 6.54 Å². The summed E-state index contributed by atoms with van der Waals surface area (Å²) in [6.45, 7) is 4.04. The van der Waals surface area contributed by atoms with E-state index < -0.39 is 11.9 Å². The van der Waals surface area contributed by atoms with Gasteiger partial charge >= 0.3 is 5.97 Å². The number of piperazine rings is 1. The molecular weight excluding hydrogens is 571 g/mol. The number of nitrogens with zero attached hydrogens (tertiary/aromatic N) is 4. The highest BCUT2D eigenvalue weighted by Crippen LogP contribution is 2.47. The van der Waals surface area contributed by atoms with Gasteiger partial charge in [-0.25, -0.2) is 14.8 Å². The van der Waals surface area contributed by atoms with E-state index in [0.29, 0.717) is 40.4 Å². The van der Waals surface area contributed by atoms with Crippen molar-refractivity contribution in [3.05, 3.63) is 63.5 Å². The van der Waals surface area contributed by atoms with Gasteiger partial charge < -0.3 is 25.6 Å². The molecule has 2 aromatic carbocycles. The number of carboxylic acid groups (broad SMARTS) is 1. The van der Waals surface area contributed by atoms with Crippen molar-refractivity contribution in [2.75, 3.05) is 40.4 Å². The molecule has 3 heterocycles. The van der Waals surface area contributed by atoms with Gasteiger partial charge in [0, 0.05) is 55.5 Å². The minimum absolute atomic E-state index is 0.0290. The van der Waals surface area contributed by atoms with E-state index in [1.807, 2.05) is 6.07 Å². The molecule has 0 atom stereocenters. The molecule has 41 heavy (non-hydrogen) atoms. The van der Waals surface area contributed by atoms with Crippen LogP contribution >= 0.6 is 23.2 Å². The third kappa shape index (κ3) is 5.49. The summed E-state index contributed by atoms with van der Waals surface area (Å²) in [4.78, 5) is 40.5. The topological polar surface area (TPSA) is 153 Å². The number of primary amides is 1. The molecule has 1 aliphatic rings. The van der Waals surface area contributed by atoms with Crippen molar-refractivity contribution >= 4 is 46.1 Å². The Bertz CT molecular complexity index is 1650. The first-order valence-electron chi connectivity index (χ1n) is 12.6. The molecule has 1 amide bonds. The summed E-state index contributed by atoms with van der Waals surface area (Å²) in [5.74, 6) is -1.33. The van der Waals surface area contributed by atoms with Crippen LogP contribution in [0.25, 0.3) is 33.4 Å². The zero-order chi connectivity index (χ0) is 29.3. The average Bonchev–Trinajstić information content (AvgIpc) is 2.97. The zero-order valence-electron chi connectivity index (χ0n) is 22.2. The zero-order valence-corrected chi connectivity index (χ0v) is 23.7. The van der Waals surface area contributed by atoms with E-state index in [0.717, 1.165) is 26.2 Å². The molecule has 4 aromatic rings. The number of hydrogen-bond acceptors (Lipinski definition) is 9. The van der Waals surface area contributed by atoms with Crippen LogP contribution in [0.1, 0.15) is 26.5 Å². The van der Waals surface area contributed by atoms with E-state index in [1.54, 1.807) is 18.2 Å². The van der Waals surface area contributed by atoms with Crippen LogP contribution in [0.2, 0.25) is 10.0 Å². The number of aromatic carboxylic acids is 1. The van der Waals surface area contributed by atoms with E-state index in [-0.39, 0.29) is 38.0 Å². The number of carboxylic acids is 1. The van der Waals surface area contributed by atoms with Crippen molar-refractivity contribution in [3.8, 4) is 33.9 Å². The van der Waals surface area contributed by atoms with Gasteiger partial charge in [0.1, 0.15) is 22.7 Å². The van der Waals surface area contributed by atoms with Crippen molar-refractivity contribution in [1.29, 1.82) is 0 Å². The SMILES string of the molecule is COc1cc(OC)c(Cl)c(-c2ccc(C(=O)O)c3ncc(-c4ccc(CN5CCNCC5)nc4C(N)=O)nc23)c1Cl. The molecule has 0 aliphatic carbocycles. The number of methoxy groups -OCH3 is 2.